The number of halogens is 7. The lowest BCUT2D eigenvalue weighted by Crippen LogP contribution is -2.54. The fourth-order valence-electron chi connectivity index (χ4n) is 4.99. The van der Waals surface area contributed by atoms with E-state index in [9.17, 15) is 45.5 Å². The minimum absolute atomic E-state index is 0. The predicted octanol–water partition coefficient (Wildman–Crippen LogP) is 5.56. The maximum absolute atomic E-state index is 13.6. The molecule has 1 aliphatic heterocycles. The number of hydrogen-bond donors (Lipinski definition) is 2. The molecule has 1 amide bonds. The Morgan fingerprint density at radius 3 is 2.00 bits per heavy atom. The van der Waals surface area contributed by atoms with Gasteiger partial charge < -0.3 is 14.7 Å². The van der Waals surface area contributed by atoms with Gasteiger partial charge in [0, 0.05) is 24.1 Å². The molecular weight excluding hydrogens is 634 g/mol. The molecule has 1 saturated heterocycles. The topological polar surface area (TPSA) is 113 Å². The van der Waals surface area contributed by atoms with Crippen LogP contribution in [0.4, 0.5) is 26.3 Å². The van der Waals surface area contributed by atoms with Crippen LogP contribution in [-0.4, -0.2) is 64.4 Å². The summed E-state index contributed by atoms with van der Waals surface area (Å²) in [5, 5.41) is 11.5. The Labute approximate surface area is 261 Å². The van der Waals surface area contributed by atoms with Crippen molar-refractivity contribution < 1.29 is 55.4 Å². The summed E-state index contributed by atoms with van der Waals surface area (Å²) in [7, 11) is 0. The van der Waals surface area contributed by atoms with Crippen LogP contribution in [0.3, 0.4) is 0 Å². The first-order valence-corrected chi connectivity index (χ1v) is 13.6. The molecule has 3 atom stereocenters. The van der Waals surface area contributed by atoms with Crippen molar-refractivity contribution in [3.63, 3.8) is 0 Å². The van der Waals surface area contributed by atoms with Crippen molar-refractivity contribution in [3.8, 4) is 0 Å². The Balaban J connectivity index is 0.00000705. The van der Waals surface area contributed by atoms with Gasteiger partial charge in [-0.1, -0.05) is 30.3 Å². The third-order valence-corrected chi connectivity index (χ3v) is 6.91. The number of rotatable bonds is 9. The molecule has 2 aromatic carbocycles. The van der Waals surface area contributed by atoms with Crippen LogP contribution in [0.2, 0.25) is 0 Å². The zero-order valence-corrected chi connectivity index (χ0v) is 25.3. The largest absolute Gasteiger partial charge is 0.480 e. The highest BCUT2D eigenvalue weighted by Gasteiger charge is 2.42. The van der Waals surface area contributed by atoms with Gasteiger partial charge in [-0.05, 0) is 63.8 Å². The summed E-state index contributed by atoms with van der Waals surface area (Å²) >= 11 is 0. The van der Waals surface area contributed by atoms with Gasteiger partial charge in [-0.15, -0.1) is 12.4 Å². The summed E-state index contributed by atoms with van der Waals surface area (Å²) in [5.74, 6) is -5.05. The zero-order valence-electron chi connectivity index (χ0n) is 24.5. The Bertz CT molecular complexity index is 1350. The van der Waals surface area contributed by atoms with Crippen LogP contribution in [0.25, 0.3) is 0 Å². The van der Waals surface area contributed by atoms with Crippen molar-refractivity contribution >= 4 is 36.0 Å². The van der Waals surface area contributed by atoms with E-state index in [1.54, 1.807) is 51.1 Å². The molecule has 0 aliphatic carbocycles. The summed E-state index contributed by atoms with van der Waals surface area (Å²) in [5.41, 5.74) is -4.41. The standard InChI is InChI=1S/C30H32F6N2O6.ClH/c1-28(2,3)44-27(43)24(37-16-23(39)40)25(41)18-9-10-38(22(14-18)11-17-7-5-4-6-8-17)26(42)19-12-20(29(31,32)33)15-21(13-19)30(34,35)36;/h4-8,12-13,15,18,22,24,37H,9-11,14,16H2,1-3H3,(H,39,40);1H. The molecule has 248 valence electrons. The van der Waals surface area contributed by atoms with Crippen molar-refractivity contribution in [2.45, 2.75) is 70.1 Å². The number of piperidine rings is 1. The second-order valence-corrected chi connectivity index (χ2v) is 11.5. The number of carbonyl (C=O) groups excluding carboxylic acids is 3. The number of likely N-dealkylation sites (tertiary alicyclic amines) is 1. The van der Waals surface area contributed by atoms with Gasteiger partial charge in [-0.25, -0.2) is 4.79 Å². The maximum Gasteiger partial charge on any atom is 0.416 e. The lowest BCUT2D eigenvalue weighted by molar-refractivity contribution is -0.160. The van der Waals surface area contributed by atoms with E-state index >= 15 is 0 Å². The first-order chi connectivity index (χ1) is 20.3. The Hall–Kier alpha value is -3.65. The molecule has 45 heavy (non-hydrogen) atoms. The highest BCUT2D eigenvalue weighted by molar-refractivity contribution is 6.05. The van der Waals surface area contributed by atoms with Crippen molar-refractivity contribution in [2.24, 2.45) is 5.92 Å². The van der Waals surface area contributed by atoms with E-state index in [-0.39, 0.29) is 44.3 Å². The molecule has 1 fully saturated rings. The van der Waals surface area contributed by atoms with Crippen LogP contribution in [0, 0.1) is 5.92 Å². The highest BCUT2D eigenvalue weighted by Crippen LogP contribution is 2.37. The third kappa shape index (κ3) is 10.5. The van der Waals surface area contributed by atoms with Crippen molar-refractivity contribution in [2.75, 3.05) is 13.1 Å². The normalized spacial score (nSPS) is 18.0. The number of esters is 1. The number of aliphatic carboxylic acids is 1. The summed E-state index contributed by atoms with van der Waals surface area (Å²) in [6.45, 7) is 3.70. The molecule has 3 rings (SSSR count). The number of carboxylic acid groups (broad SMARTS) is 1. The van der Waals surface area contributed by atoms with Crippen LogP contribution < -0.4 is 5.32 Å². The zero-order chi connectivity index (χ0) is 33.0. The van der Waals surface area contributed by atoms with E-state index in [0.29, 0.717) is 17.7 Å². The fraction of sp³-hybridized carbons (Fsp3) is 0.467. The van der Waals surface area contributed by atoms with E-state index < -0.39 is 82.8 Å². The van der Waals surface area contributed by atoms with Gasteiger partial charge in [0.2, 0.25) is 0 Å². The average molecular weight is 667 g/mol. The number of amides is 1. The number of carboxylic acids is 1. The monoisotopic (exact) mass is 666 g/mol. The summed E-state index contributed by atoms with van der Waals surface area (Å²) in [6.07, 6.45) is -10.4. The van der Waals surface area contributed by atoms with Gasteiger partial charge in [-0.2, -0.15) is 26.3 Å². The molecule has 0 radical (unpaired) electrons. The van der Waals surface area contributed by atoms with E-state index in [0.717, 1.165) is 4.90 Å². The molecule has 0 bridgehead atoms. The minimum atomic E-state index is -5.15. The Morgan fingerprint density at radius 1 is 0.956 bits per heavy atom. The number of ether oxygens (including phenoxy) is 1. The lowest BCUT2D eigenvalue weighted by atomic mass is 9.82. The average Bonchev–Trinajstić information content (AvgIpc) is 2.91. The molecule has 0 saturated carbocycles. The fourth-order valence-corrected chi connectivity index (χ4v) is 4.99. The minimum Gasteiger partial charge on any atom is -0.480 e. The molecule has 1 aliphatic rings. The first-order valence-electron chi connectivity index (χ1n) is 13.6. The second kappa shape index (κ2) is 14.6. The number of alkyl halides is 6. The van der Waals surface area contributed by atoms with Crippen molar-refractivity contribution in [3.05, 3.63) is 70.8 Å². The van der Waals surface area contributed by atoms with Crippen LogP contribution in [0.1, 0.15) is 60.7 Å². The molecule has 2 aromatic rings. The van der Waals surface area contributed by atoms with Gasteiger partial charge in [0.15, 0.2) is 11.8 Å². The highest BCUT2D eigenvalue weighted by atomic mass is 35.5. The number of Topliss-reactive ketones (excluding diaryl/α,β-unsaturated/α-hetero) is 1. The number of hydrogen-bond acceptors (Lipinski definition) is 6. The van der Waals surface area contributed by atoms with Crippen molar-refractivity contribution in [1.82, 2.24) is 10.2 Å². The number of nitrogens with one attached hydrogen (secondary N) is 1. The summed E-state index contributed by atoms with van der Waals surface area (Å²) in [6, 6.07) is 6.67. The Morgan fingerprint density at radius 2 is 1.51 bits per heavy atom. The lowest BCUT2D eigenvalue weighted by Gasteiger charge is -2.40. The molecule has 0 aromatic heterocycles. The smallest absolute Gasteiger partial charge is 0.416 e. The molecule has 1 heterocycles. The van der Waals surface area contributed by atoms with Crippen LogP contribution in [0.5, 0.6) is 0 Å². The number of carbonyl (C=O) groups is 4. The number of ketones is 1. The summed E-state index contributed by atoms with van der Waals surface area (Å²) in [4.78, 5) is 52.3. The SMILES string of the molecule is CC(C)(C)OC(=O)C(NCC(=O)O)C(=O)C1CCN(C(=O)c2cc(C(F)(F)F)cc(C(F)(F)F)c2)C(Cc2ccccc2)C1.Cl. The van der Waals surface area contributed by atoms with Crippen molar-refractivity contribution in [1.29, 1.82) is 0 Å². The molecule has 2 N–H and O–H groups in total. The van der Waals surface area contributed by atoms with Gasteiger partial charge in [0.25, 0.3) is 5.91 Å². The molecule has 15 heteroatoms. The molecule has 3 unspecified atom stereocenters. The van der Waals surface area contributed by atoms with Gasteiger partial charge in [-0.3, -0.25) is 19.7 Å². The van der Waals surface area contributed by atoms with Crippen LogP contribution in [0.15, 0.2) is 48.5 Å². The predicted molar refractivity (Wildman–Crippen MR) is 152 cm³/mol. The second-order valence-electron chi connectivity index (χ2n) is 11.5. The van der Waals surface area contributed by atoms with E-state index in [1.807, 2.05) is 0 Å². The van der Waals surface area contributed by atoms with Gasteiger partial charge in [0.1, 0.15) is 5.60 Å². The molecular formula is C30H33ClF6N2O6. The number of benzene rings is 2. The quantitative estimate of drug-likeness (QED) is 0.205. The van der Waals surface area contributed by atoms with Crippen LogP contribution >= 0.6 is 12.4 Å². The molecule has 0 spiro atoms. The van der Waals surface area contributed by atoms with E-state index in [2.05, 4.69) is 5.32 Å². The molecule has 8 nitrogen and oxygen atoms in total. The first kappa shape index (κ1) is 37.5. The summed E-state index contributed by atoms with van der Waals surface area (Å²) < 4.78 is 86.3. The van der Waals surface area contributed by atoms with Crippen LogP contribution in [-0.2, 0) is 37.9 Å². The van der Waals surface area contributed by atoms with E-state index in [1.165, 1.54) is 0 Å². The Kier molecular flexibility index (Phi) is 12.2. The maximum atomic E-state index is 13.6. The van der Waals surface area contributed by atoms with Gasteiger partial charge in [0.05, 0.1) is 17.7 Å². The van der Waals surface area contributed by atoms with Gasteiger partial charge >= 0.3 is 24.3 Å². The third-order valence-electron chi connectivity index (χ3n) is 6.91. The van der Waals surface area contributed by atoms with E-state index in [4.69, 9.17) is 9.84 Å². The number of nitrogens with zero attached hydrogens (tertiary/aromatic N) is 1.